The maximum atomic E-state index is 13.8. The zero-order chi connectivity index (χ0) is 21.3. The number of H-pyrrole nitrogens is 1. The fraction of sp³-hybridized carbons (Fsp3) is 0.0909. The highest BCUT2D eigenvalue weighted by Gasteiger charge is 2.34. The first-order chi connectivity index (χ1) is 14.3. The molecule has 2 aromatic heterocycles. The number of benzene rings is 2. The molecule has 2 aromatic carbocycles. The molecule has 0 spiro atoms. The number of aromatic nitrogens is 1. The molecule has 2 N–H and O–H groups in total. The lowest BCUT2D eigenvalue weighted by Crippen LogP contribution is -2.18. The van der Waals surface area contributed by atoms with E-state index in [1.54, 1.807) is 42.5 Å². The molecule has 4 rings (SSSR count). The SMILES string of the molecule is O=C(Cc1cccs1)Nc1cc(=O)c2cc(-c3ccccc3)cc(C(F)(F)F)c2[nH]1. The number of alkyl halides is 3. The quantitative estimate of drug-likeness (QED) is 0.454. The molecule has 0 saturated carbocycles. The third-order valence-electron chi connectivity index (χ3n) is 4.54. The van der Waals surface area contributed by atoms with Crippen LogP contribution in [0, 0.1) is 0 Å². The third-order valence-corrected chi connectivity index (χ3v) is 5.42. The second-order valence-electron chi connectivity index (χ2n) is 6.66. The number of anilines is 1. The Hall–Kier alpha value is -3.39. The van der Waals surface area contributed by atoms with Gasteiger partial charge in [0, 0.05) is 16.3 Å². The molecule has 0 aliphatic carbocycles. The van der Waals surface area contributed by atoms with Crippen LogP contribution in [0.1, 0.15) is 10.4 Å². The topological polar surface area (TPSA) is 62.0 Å². The molecule has 0 bridgehead atoms. The van der Waals surface area contributed by atoms with Gasteiger partial charge in [0.1, 0.15) is 5.82 Å². The average Bonchev–Trinajstić information content (AvgIpc) is 3.20. The Labute approximate surface area is 173 Å². The number of hydrogen-bond acceptors (Lipinski definition) is 3. The van der Waals surface area contributed by atoms with Gasteiger partial charge in [0.05, 0.1) is 17.5 Å². The number of pyridine rings is 1. The minimum absolute atomic E-state index is 0.0663. The van der Waals surface area contributed by atoms with E-state index in [1.165, 1.54) is 17.4 Å². The van der Waals surface area contributed by atoms with Crippen LogP contribution in [-0.4, -0.2) is 10.9 Å². The van der Waals surface area contributed by atoms with Gasteiger partial charge in [0.15, 0.2) is 5.43 Å². The van der Waals surface area contributed by atoms with E-state index in [0.717, 1.165) is 17.0 Å². The van der Waals surface area contributed by atoms with Gasteiger partial charge >= 0.3 is 6.18 Å². The van der Waals surface area contributed by atoms with E-state index in [0.29, 0.717) is 5.56 Å². The van der Waals surface area contributed by atoms with Gasteiger partial charge in [-0.2, -0.15) is 13.2 Å². The lowest BCUT2D eigenvalue weighted by molar-refractivity contribution is -0.136. The van der Waals surface area contributed by atoms with E-state index >= 15 is 0 Å². The fourth-order valence-corrected chi connectivity index (χ4v) is 3.91. The summed E-state index contributed by atoms with van der Waals surface area (Å²) in [5.41, 5.74) is -1.09. The molecule has 4 aromatic rings. The number of thiophene rings is 1. The monoisotopic (exact) mass is 428 g/mol. The minimum atomic E-state index is -4.69. The van der Waals surface area contributed by atoms with Crippen molar-refractivity contribution in [2.45, 2.75) is 12.6 Å². The van der Waals surface area contributed by atoms with Crippen LogP contribution in [0.5, 0.6) is 0 Å². The van der Waals surface area contributed by atoms with Gasteiger partial charge < -0.3 is 10.3 Å². The van der Waals surface area contributed by atoms with Crippen LogP contribution in [0.15, 0.2) is 70.8 Å². The van der Waals surface area contributed by atoms with Crippen LogP contribution in [0.3, 0.4) is 0 Å². The Morgan fingerprint density at radius 3 is 2.43 bits per heavy atom. The van der Waals surface area contributed by atoms with Gasteiger partial charge in [-0.25, -0.2) is 0 Å². The summed E-state index contributed by atoms with van der Waals surface area (Å²) in [6, 6.07) is 15.6. The van der Waals surface area contributed by atoms with Crippen molar-refractivity contribution in [2.24, 2.45) is 0 Å². The highest BCUT2D eigenvalue weighted by atomic mass is 32.1. The molecule has 0 aliphatic rings. The standard InChI is InChI=1S/C22H15F3N2O2S/c23-22(24,25)17-10-14(13-5-2-1-3-6-13)9-16-18(28)12-19(27-21(16)17)26-20(29)11-15-7-4-8-30-15/h1-10,12H,11H2,(H2,26,27,28,29). The fourth-order valence-electron chi connectivity index (χ4n) is 3.20. The minimum Gasteiger partial charge on any atom is -0.341 e. The van der Waals surface area contributed by atoms with E-state index in [-0.39, 0.29) is 28.7 Å². The number of halogens is 3. The van der Waals surface area contributed by atoms with Crippen molar-refractivity contribution in [2.75, 3.05) is 5.32 Å². The average molecular weight is 428 g/mol. The van der Waals surface area contributed by atoms with Gasteiger partial charge in [-0.3, -0.25) is 9.59 Å². The second-order valence-corrected chi connectivity index (χ2v) is 7.69. The van der Waals surface area contributed by atoms with Gasteiger partial charge in [-0.05, 0) is 34.7 Å². The molecule has 0 fully saturated rings. The molecule has 1 amide bonds. The highest BCUT2D eigenvalue weighted by molar-refractivity contribution is 7.10. The van der Waals surface area contributed by atoms with Crippen LogP contribution in [0.2, 0.25) is 0 Å². The number of nitrogens with one attached hydrogen (secondary N) is 2. The molecule has 0 saturated heterocycles. The van der Waals surface area contributed by atoms with Gasteiger partial charge in [-0.1, -0.05) is 36.4 Å². The third kappa shape index (κ3) is 4.13. The first-order valence-electron chi connectivity index (χ1n) is 8.97. The summed E-state index contributed by atoms with van der Waals surface area (Å²) < 4.78 is 41.4. The van der Waals surface area contributed by atoms with Crippen molar-refractivity contribution < 1.29 is 18.0 Å². The molecular formula is C22H15F3N2O2S. The summed E-state index contributed by atoms with van der Waals surface area (Å²) in [6.45, 7) is 0. The highest BCUT2D eigenvalue weighted by Crippen LogP contribution is 2.37. The zero-order valence-corrected chi connectivity index (χ0v) is 16.2. The Morgan fingerprint density at radius 1 is 1.00 bits per heavy atom. The number of carbonyl (C=O) groups is 1. The Bertz CT molecular complexity index is 1260. The zero-order valence-electron chi connectivity index (χ0n) is 15.4. The maximum Gasteiger partial charge on any atom is 0.418 e. The molecule has 0 atom stereocenters. The first kappa shape index (κ1) is 19.9. The second kappa shape index (κ2) is 7.79. The van der Waals surface area contributed by atoms with Crippen molar-refractivity contribution in [1.29, 1.82) is 0 Å². The molecule has 8 heteroatoms. The van der Waals surface area contributed by atoms with E-state index in [9.17, 15) is 22.8 Å². The lowest BCUT2D eigenvalue weighted by Gasteiger charge is -2.14. The predicted octanol–water partition coefficient (Wildman–Crippen LogP) is 5.46. The molecule has 152 valence electrons. The lowest BCUT2D eigenvalue weighted by atomic mass is 9.99. The Kier molecular flexibility index (Phi) is 5.17. The van der Waals surface area contributed by atoms with E-state index in [1.807, 2.05) is 5.38 Å². The smallest absolute Gasteiger partial charge is 0.341 e. The predicted molar refractivity (Wildman–Crippen MR) is 112 cm³/mol. The number of carbonyl (C=O) groups excluding carboxylic acids is 1. The van der Waals surface area contributed by atoms with Crippen LogP contribution >= 0.6 is 11.3 Å². The normalized spacial score (nSPS) is 11.6. The summed E-state index contributed by atoms with van der Waals surface area (Å²) >= 11 is 1.39. The Morgan fingerprint density at radius 2 is 1.77 bits per heavy atom. The molecule has 4 nitrogen and oxygen atoms in total. The van der Waals surface area contributed by atoms with Crippen molar-refractivity contribution in [1.82, 2.24) is 4.98 Å². The first-order valence-corrected chi connectivity index (χ1v) is 9.85. The summed E-state index contributed by atoms with van der Waals surface area (Å²) in [7, 11) is 0. The summed E-state index contributed by atoms with van der Waals surface area (Å²) in [5, 5.41) is 4.21. The Balaban J connectivity index is 1.79. The van der Waals surface area contributed by atoms with Crippen LogP contribution in [0.25, 0.3) is 22.0 Å². The van der Waals surface area contributed by atoms with Crippen molar-refractivity contribution >= 4 is 34.0 Å². The van der Waals surface area contributed by atoms with Gasteiger partial charge in [0.25, 0.3) is 0 Å². The van der Waals surface area contributed by atoms with E-state index < -0.39 is 23.1 Å². The van der Waals surface area contributed by atoms with E-state index in [4.69, 9.17) is 0 Å². The molecule has 30 heavy (non-hydrogen) atoms. The van der Waals surface area contributed by atoms with Crippen molar-refractivity contribution in [3.8, 4) is 11.1 Å². The number of hydrogen-bond donors (Lipinski definition) is 2. The number of amides is 1. The number of rotatable bonds is 4. The van der Waals surface area contributed by atoms with Crippen LogP contribution in [-0.2, 0) is 17.4 Å². The van der Waals surface area contributed by atoms with Gasteiger partial charge in [-0.15, -0.1) is 11.3 Å². The molecule has 0 aliphatic heterocycles. The largest absolute Gasteiger partial charge is 0.418 e. The maximum absolute atomic E-state index is 13.8. The van der Waals surface area contributed by atoms with Crippen LogP contribution < -0.4 is 10.7 Å². The van der Waals surface area contributed by atoms with Crippen LogP contribution in [0.4, 0.5) is 19.0 Å². The molecule has 2 heterocycles. The number of aromatic amines is 1. The molecule has 0 unspecified atom stereocenters. The van der Waals surface area contributed by atoms with Crippen molar-refractivity contribution in [3.05, 3.63) is 86.7 Å². The van der Waals surface area contributed by atoms with Gasteiger partial charge in [0.2, 0.25) is 5.91 Å². The molecule has 0 radical (unpaired) electrons. The van der Waals surface area contributed by atoms with Crippen molar-refractivity contribution in [3.63, 3.8) is 0 Å². The molecular weight excluding hydrogens is 413 g/mol. The summed E-state index contributed by atoms with van der Waals surface area (Å²) in [6.07, 6.45) is -4.62. The number of fused-ring (bicyclic) bond motifs is 1. The summed E-state index contributed by atoms with van der Waals surface area (Å²) in [4.78, 5) is 28.2. The summed E-state index contributed by atoms with van der Waals surface area (Å²) in [5.74, 6) is -0.506. The van der Waals surface area contributed by atoms with E-state index in [2.05, 4.69) is 10.3 Å².